The number of carbonyl (C=O) groups excluding carboxylic acids is 2. The van der Waals surface area contributed by atoms with Gasteiger partial charge in [-0.2, -0.15) is 11.8 Å². The van der Waals surface area contributed by atoms with Gasteiger partial charge < -0.3 is 14.5 Å². The van der Waals surface area contributed by atoms with Crippen molar-refractivity contribution in [3.05, 3.63) is 48.1 Å². The molecule has 0 N–H and O–H groups in total. The average Bonchev–Trinajstić information content (AvgIpc) is 2.69. The summed E-state index contributed by atoms with van der Waals surface area (Å²) in [7, 11) is 0. The predicted molar refractivity (Wildman–Crippen MR) is 94.7 cm³/mol. The fourth-order valence-electron chi connectivity index (χ4n) is 3.16. The number of hydrogen-bond donors (Lipinski definition) is 0. The van der Waals surface area contributed by atoms with E-state index < -0.39 is 23.8 Å². The highest BCUT2D eigenvalue weighted by molar-refractivity contribution is 7.99. The van der Waals surface area contributed by atoms with Crippen LogP contribution < -0.4 is 0 Å². The summed E-state index contributed by atoms with van der Waals surface area (Å²) in [5, 5.41) is 0. The Balaban J connectivity index is 1.73. The predicted octanol–water partition coefficient (Wildman–Crippen LogP) is 1.99. The van der Waals surface area contributed by atoms with Crippen LogP contribution in [0.3, 0.4) is 0 Å². The van der Waals surface area contributed by atoms with Crippen LogP contribution in [0.1, 0.15) is 11.7 Å². The van der Waals surface area contributed by atoms with E-state index in [0.29, 0.717) is 31.0 Å². The minimum atomic E-state index is -0.944. The first-order chi connectivity index (χ1) is 12.5. The average molecular weight is 382 g/mol. The zero-order chi connectivity index (χ0) is 18.7. The summed E-state index contributed by atoms with van der Waals surface area (Å²) < 4.78 is 32.3. The van der Waals surface area contributed by atoms with E-state index in [9.17, 15) is 18.4 Å². The lowest BCUT2D eigenvalue weighted by Crippen LogP contribution is -2.56. The highest BCUT2D eigenvalue weighted by atomic mass is 32.2. The molecule has 2 heterocycles. The first-order valence-corrected chi connectivity index (χ1v) is 9.53. The van der Waals surface area contributed by atoms with Crippen LogP contribution in [0.5, 0.6) is 0 Å². The monoisotopic (exact) mass is 382 g/mol. The first kappa shape index (κ1) is 18.8. The van der Waals surface area contributed by atoms with Crippen LogP contribution in [0.15, 0.2) is 30.9 Å². The van der Waals surface area contributed by atoms with Gasteiger partial charge in [0, 0.05) is 24.6 Å². The van der Waals surface area contributed by atoms with Gasteiger partial charge in [-0.15, -0.1) is 0 Å². The molecule has 0 bridgehead atoms. The van der Waals surface area contributed by atoms with Crippen molar-refractivity contribution in [2.75, 3.05) is 37.7 Å². The molecule has 8 heteroatoms. The van der Waals surface area contributed by atoms with E-state index in [0.717, 1.165) is 17.9 Å². The van der Waals surface area contributed by atoms with Crippen molar-refractivity contribution in [3.8, 4) is 0 Å². The number of rotatable bonds is 3. The van der Waals surface area contributed by atoms with E-state index in [1.165, 1.54) is 12.1 Å². The molecule has 2 unspecified atom stereocenters. The van der Waals surface area contributed by atoms with Crippen LogP contribution in [0.2, 0.25) is 0 Å². The summed E-state index contributed by atoms with van der Waals surface area (Å²) in [5.74, 6) is -0.955. The normalized spacial score (nSPS) is 23.6. The molecule has 2 fully saturated rings. The summed E-state index contributed by atoms with van der Waals surface area (Å²) in [4.78, 5) is 28.2. The maximum Gasteiger partial charge on any atom is 0.246 e. The Bertz CT molecular complexity index is 716. The number of morpholine rings is 1. The Kier molecular flexibility index (Phi) is 5.93. The topological polar surface area (TPSA) is 49.9 Å². The van der Waals surface area contributed by atoms with Gasteiger partial charge in [0.1, 0.15) is 12.1 Å². The molecule has 1 aromatic carbocycles. The number of ether oxygens (including phenoxy) is 1. The van der Waals surface area contributed by atoms with Gasteiger partial charge in [-0.25, -0.2) is 8.78 Å². The second kappa shape index (κ2) is 8.18. The summed E-state index contributed by atoms with van der Waals surface area (Å²) in [6.45, 7) is 4.94. The van der Waals surface area contributed by atoms with Gasteiger partial charge in [0.05, 0.1) is 13.2 Å². The number of halogens is 2. The summed E-state index contributed by atoms with van der Waals surface area (Å²) in [6.07, 6.45) is 0.697. The van der Waals surface area contributed by atoms with E-state index in [1.807, 2.05) is 0 Å². The third-order valence-electron chi connectivity index (χ3n) is 4.56. The highest BCUT2D eigenvalue weighted by Crippen LogP contribution is 2.26. The molecule has 2 saturated heterocycles. The molecule has 2 aliphatic rings. The Morgan fingerprint density at radius 3 is 2.81 bits per heavy atom. The second-order valence-corrected chi connectivity index (χ2v) is 7.29. The molecule has 0 radical (unpaired) electrons. The van der Waals surface area contributed by atoms with E-state index >= 15 is 0 Å². The molecule has 0 spiro atoms. The smallest absolute Gasteiger partial charge is 0.246 e. The number of nitrogens with zero attached hydrogens (tertiary/aromatic N) is 2. The van der Waals surface area contributed by atoms with Gasteiger partial charge in [0.25, 0.3) is 0 Å². The molecule has 140 valence electrons. The number of thioether (sulfide) groups is 1. The maximum atomic E-state index is 13.5. The lowest BCUT2D eigenvalue weighted by molar-refractivity contribution is -0.148. The van der Waals surface area contributed by atoms with Crippen molar-refractivity contribution in [2.45, 2.75) is 12.1 Å². The lowest BCUT2D eigenvalue weighted by atomic mass is 10.1. The molecule has 2 atom stereocenters. The summed E-state index contributed by atoms with van der Waals surface area (Å²) in [5.41, 5.74) is 0.485. The zero-order valence-electron chi connectivity index (χ0n) is 14.2. The van der Waals surface area contributed by atoms with Crippen molar-refractivity contribution in [2.24, 2.45) is 0 Å². The Hall–Kier alpha value is -1.93. The van der Waals surface area contributed by atoms with Gasteiger partial charge in [-0.05, 0) is 23.8 Å². The molecule has 0 aliphatic carbocycles. The van der Waals surface area contributed by atoms with Crippen LogP contribution in [0, 0.1) is 11.6 Å². The van der Waals surface area contributed by atoms with Gasteiger partial charge in [0.2, 0.25) is 11.8 Å². The van der Waals surface area contributed by atoms with Crippen LogP contribution in [0.4, 0.5) is 8.78 Å². The Labute approximate surface area is 155 Å². The van der Waals surface area contributed by atoms with Crippen molar-refractivity contribution in [1.82, 2.24) is 9.80 Å². The quantitative estimate of drug-likeness (QED) is 0.751. The minimum Gasteiger partial charge on any atom is -0.370 e. The van der Waals surface area contributed by atoms with E-state index in [1.54, 1.807) is 21.6 Å². The summed E-state index contributed by atoms with van der Waals surface area (Å²) >= 11 is 1.63. The molecule has 0 saturated carbocycles. The molecule has 0 aromatic heterocycles. The van der Waals surface area contributed by atoms with Gasteiger partial charge in [-0.3, -0.25) is 9.59 Å². The molecular formula is C18H20F2N2O3S. The maximum absolute atomic E-state index is 13.5. The second-order valence-electron chi connectivity index (χ2n) is 6.14. The van der Waals surface area contributed by atoms with Gasteiger partial charge in [-0.1, -0.05) is 12.6 Å². The largest absolute Gasteiger partial charge is 0.370 e. The first-order valence-electron chi connectivity index (χ1n) is 8.37. The molecule has 2 amide bonds. The van der Waals surface area contributed by atoms with Crippen molar-refractivity contribution >= 4 is 23.6 Å². The van der Waals surface area contributed by atoms with E-state index in [2.05, 4.69) is 6.58 Å². The molecule has 5 nitrogen and oxygen atoms in total. The van der Waals surface area contributed by atoms with Crippen LogP contribution in [0.25, 0.3) is 0 Å². The molecule has 1 aromatic rings. The van der Waals surface area contributed by atoms with Crippen LogP contribution in [-0.4, -0.2) is 65.4 Å². The Morgan fingerprint density at radius 2 is 2.08 bits per heavy atom. The Morgan fingerprint density at radius 1 is 1.27 bits per heavy atom. The standard InChI is InChI=1S/C18H20F2N2O3S/c1-2-17(23)22-6-8-26-11-15(22)18(24)21-5-7-25-16(10-21)12-3-4-13(19)14(20)9-12/h2-4,9,15-16H,1,5-8,10-11H2. The van der Waals surface area contributed by atoms with Crippen LogP contribution in [-0.2, 0) is 14.3 Å². The fraction of sp³-hybridized carbons (Fsp3) is 0.444. The third-order valence-corrected chi connectivity index (χ3v) is 5.59. The highest BCUT2D eigenvalue weighted by Gasteiger charge is 2.36. The van der Waals surface area contributed by atoms with Gasteiger partial charge >= 0.3 is 0 Å². The molecule has 26 heavy (non-hydrogen) atoms. The minimum absolute atomic E-state index is 0.150. The third kappa shape index (κ3) is 3.91. The SMILES string of the molecule is C=CC(=O)N1CCSCC1C(=O)N1CCOC(c2ccc(F)c(F)c2)C1. The number of amides is 2. The molecular weight excluding hydrogens is 362 g/mol. The lowest BCUT2D eigenvalue weighted by Gasteiger charge is -2.40. The van der Waals surface area contributed by atoms with Gasteiger partial charge in [0.15, 0.2) is 11.6 Å². The fourth-order valence-corrected chi connectivity index (χ4v) is 4.20. The zero-order valence-corrected chi connectivity index (χ0v) is 15.0. The number of benzene rings is 1. The molecule has 3 rings (SSSR count). The van der Waals surface area contributed by atoms with E-state index in [-0.39, 0.29) is 18.4 Å². The van der Waals surface area contributed by atoms with Crippen LogP contribution >= 0.6 is 11.8 Å². The summed E-state index contributed by atoms with van der Waals surface area (Å²) in [6, 6.07) is 3.07. The molecule has 2 aliphatic heterocycles. The number of hydrogen-bond acceptors (Lipinski definition) is 4. The van der Waals surface area contributed by atoms with Crippen molar-refractivity contribution < 1.29 is 23.1 Å². The van der Waals surface area contributed by atoms with E-state index in [4.69, 9.17) is 4.74 Å². The van der Waals surface area contributed by atoms with Crippen molar-refractivity contribution in [3.63, 3.8) is 0 Å². The number of carbonyl (C=O) groups is 2. The van der Waals surface area contributed by atoms with Crippen molar-refractivity contribution in [1.29, 1.82) is 0 Å².